The van der Waals surface area contributed by atoms with Crippen LogP contribution in [0.1, 0.15) is 30.2 Å². The molecule has 0 spiro atoms. The fourth-order valence-electron chi connectivity index (χ4n) is 3.62. The van der Waals surface area contributed by atoms with Crippen molar-refractivity contribution >= 4 is 23.2 Å². The largest absolute Gasteiger partial charge is 0.309 e. The van der Waals surface area contributed by atoms with Gasteiger partial charge < -0.3 is 5.32 Å². The lowest BCUT2D eigenvalue weighted by molar-refractivity contribution is 0.503. The molecule has 164 valence electrons. The molecule has 0 bridgehead atoms. The third-order valence-corrected chi connectivity index (χ3v) is 6.17. The second-order valence-corrected chi connectivity index (χ2v) is 8.71. The molecule has 0 fully saturated rings. The minimum atomic E-state index is 0.349. The maximum atomic E-state index is 6.37. The first-order chi connectivity index (χ1) is 15.6. The van der Waals surface area contributed by atoms with Gasteiger partial charge in [0.1, 0.15) is 11.4 Å². The maximum Gasteiger partial charge on any atom is 0.117 e. The predicted molar refractivity (Wildman–Crippen MR) is 132 cm³/mol. The molecule has 4 aromatic rings. The molecule has 0 radical (unpaired) electrons. The Kier molecular flexibility index (Phi) is 7.59. The Morgan fingerprint density at radius 1 is 0.844 bits per heavy atom. The van der Waals surface area contributed by atoms with Gasteiger partial charge >= 0.3 is 0 Å². The minimum Gasteiger partial charge on any atom is -0.309 e. The van der Waals surface area contributed by atoms with Gasteiger partial charge in [0.05, 0.1) is 6.54 Å². The van der Waals surface area contributed by atoms with E-state index in [2.05, 4.69) is 54.7 Å². The van der Waals surface area contributed by atoms with E-state index in [0.717, 1.165) is 35.4 Å². The van der Waals surface area contributed by atoms with Crippen molar-refractivity contribution in [3.63, 3.8) is 0 Å². The molecule has 0 saturated heterocycles. The average molecular weight is 465 g/mol. The van der Waals surface area contributed by atoms with Gasteiger partial charge in [-0.05, 0) is 37.5 Å². The first-order valence-corrected chi connectivity index (χ1v) is 11.6. The summed E-state index contributed by atoms with van der Waals surface area (Å²) in [7, 11) is 0. The Bertz CT molecular complexity index is 1120. The number of hydrogen-bond donors (Lipinski definition) is 1. The van der Waals surface area contributed by atoms with E-state index >= 15 is 0 Å². The smallest absolute Gasteiger partial charge is 0.117 e. The van der Waals surface area contributed by atoms with Crippen molar-refractivity contribution < 1.29 is 0 Å². The molecule has 0 aliphatic carbocycles. The zero-order valence-corrected chi connectivity index (χ0v) is 19.5. The van der Waals surface area contributed by atoms with Crippen LogP contribution >= 0.6 is 23.2 Å². The number of benzene rings is 3. The molecule has 0 saturated carbocycles. The van der Waals surface area contributed by atoms with Crippen molar-refractivity contribution in [3.8, 4) is 11.3 Å². The van der Waals surface area contributed by atoms with Gasteiger partial charge in [-0.15, -0.1) is 0 Å². The second kappa shape index (κ2) is 10.8. The Morgan fingerprint density at radius 2 is 1.50 bits per heavy atom. The first kappa shape index (κ1) is 22.5. The van der Waals surface area contributed by atoms with Crippen LogP contribution in [0.2, 0.25) is 10.0 Å². The summed E-state index contributed by atoms with van der Waals surface area (Å²) in [5.74, 6) is 0. The number of nitrogens with one attached hydrogen (secondary N) is 1. The average Bonchev–Trinajstić information content (AvgIpc) is 3.23. The van der Waals surface area contributed by atoms with Crippen molar-refractivity contribution in [2.75, 3.05) is 0 Å². The van der Waals surface area contributed by atoms with Crippen molar-refractivity contribution in [1.29, 1.82) is 0 Å². The maximum absolute atomic E-state index is 6.37. The highest BCUT2D eigenvalue weighted by molar-refractivity contribution is 6.35. The lowest BCUT2D eigenvalue weighted by atomic mass is 10.1. The van der Waals surface area contributed by atoms with Gasteiger partial charge in [0.15, 0.2) is 0 Å². The monoisotopic (exact) mass is 464 g/mol. The molecule has 4 rings (SSSR count). The SMILES string of the molecule is C[C@H](CCc1ccccc1)NCc1nn(Cc2c(Cl)cccc2Cl)nc1-c1ccccc1. The van der Waals surface area contributed by atoms with Gasteiger partial charge in [0.25, 0.3) is 0 Å². The van der Waals surface area contributed by atoms with Crippen molar-refractivity contribution in [3.05, 3.63) is 106 Å². The van der Waals surface area contributed by atoms with Gasteiger partial charge in [0, 0.05) is 33.8 Å². The summed E-state index contributed by atoms with van der Waals surface area (Å²) in [5.41, 5.74) is 5.00. The molecule has 3 aromatic carbocycles. The van der Waals surface area contributed by atoms with Crippen LogP contribution in [0.15, 0.2) is 78.9 Å². The van der Waals surface area contributed by atoms with E-state index in [0.29, 0.717) is 29.2 Å². The molecule has 1 atom stereocenters. The lowest BCUT2D eigenvalue weighted by Gasteiger charge is -2.13. The number of halogens is 2. The zero-order chi connectivity index (χ0) is 22.3. The van der Waals surface area contributed by atoms with Gasteiger partial charge in [-0.2, -0.15) is 15.0 Å². The van der Waals surface area contributed by atoms with E-state index in [1.165, 1.54) is 5.56 Å². The molecule has 6 heteroatoms. The fourth-order valence-corrected chi connectivity index (χ4v) is 4.13. The summed E-state index contributed by atoms with van der Waals surface area (Å²) in [6.45, 7) is 3.26. The highest BCUT2D eigenvalue weighted by Crippen LogP contribution is 2.26. The molecular weight excluding hydrogens is 439 g/mol. The highest BCUT2D eigenvalue weighted by Gasteiger charge is 2.16. The number of aromatic nitrogens is 3. The molecular formula is C26H26Cl2N4. The normalized spacial score (nSPS) is 12.1. The van der Waals surface area contributed by atoms with Crippen LogP contribution in [-0.2, 0) is 19.5 Å². The van der Waals surface area contributed by atoms with E-state index in [-0.39, 0.29) is 0 Å². The van der Waals surface area contributed by atoms with Crippen LogP contribution in [-0.4, -0.2) is 21.0 Å². The van der Waals surface area contributed by atoms with Gasteiger partial charge in [-0.3, -0.25) is 0 Å². The van der Waals surface area contributed by atoms with Crippen LogP contribution in [0.3, 0.4) is 0 Å². The van der Waals surface area contributed by atoms with Gasteiger partial charge in [-0.1, -0.05) is 89.9 Å². The quantitative estimate of drug-likeness (QED) is 0.311. The second-order valence-electron chi connectivity index (χ2n) is 7.90. The van der Waals surface area contributed by atoms with Crippen molar-refractivity contribution in [2.45, 2.75) is 38.9 Å². The Labute approximate surface area is 199 Å². The lowest BCUT2D eigenvalue weighted by Crippen LogP contribution is -2.26. The van der Waals surface area contributed by atoms with Crippen LogP contribution < -0.4 is 5.32 Å². The van der Waals surface area contributed by atoms with E-state index in [1.807, 2.05) is 36.4 Å². The standard InChI is InChI=1S/C26H26Cl2N4/c1-19(15-16-20-9-4-2-5-10-20)29-17-25-26(21-11-6-3-7-12-21)31-32(30-25)18-22-23(27)13-8-14-24(22)28/h2-14,19,29H,15-18H2,1H3/t19-/m1/s1. The number of rotatable bonds is 9. The molecule has 1 N–H and O–H groups in total. The first-order valence-electron chi connectivity index (χ1n) is 10.8. The zero-order valence-electron chi connectivity index (χ0n) is 18.0. The molecule has 1 aromatic heterocycles. The summed E-state index contributed by atoms with van der Waals surface area (Å²) in [6.07, 6.45) is 2.09. The Morgan fingerprint density at radius 3 is 2.19 bits per heavy atom. The third kappa shape index (κ3) is 5.77. The van der Waals surface area contributed by atoms with Gasteiger partial charge in [-0.25, -0.2) is 0 Å². The van der Waals surface area contributed by atoms with Crippen LogP contribution in [0, 0.1) is 0 Å². The fraction of sp³-hybridized carbons (Fsp3) is 0.231. The molecule has 4 nitrogen and oxygen atoms in total. The molecule has 0 amide bonds. The van der Waals surface area contributed by atoms with E-state index in [9.17, 15) is 0 Å². The number of nitrogens with zero attached hydrogens (tertiary/aromatic N) is 3. The summed E-state index contributed by atoms with van der Waals surface area (Å²) >= 11 is 12.7. The van der Waals surface area contributed by atoms with Crippen molar-refractivity contribution in [2.24, 2.45) is 0 Å². The summed E-state index contributed by atoms with van der Waals surface area (Å²) in [5, 5.41) is 14.4. The van der Waals surface area contributed by atoms with Gasteiger partial charge in [0.2, 0.25) is 0 Å². The topological polar surface area (TPSA) is 42.7 Å². The minimum absolute atomic E-state index is 0.349. The summed E-state index contributed by atoms with van der Waals surface area (Å²) < 4.78 is 0. The molecule has 0 aliphatic rings. The Hall–Kier alpha value is -2.66. The predicted octanol–water partition coefficient (Wildman–Crippen LogP) is 6.41. The molecule has 0 aliphatic heterocycles. The number of hydrogen-bond acceptors (Lipinski definition) is 3. The van der Waals surface area contributed by atoms with Crippen LogP contribution in [0.4, 0.5) is 0 Å². The van der Waals surface area contributed by atoms with E-state index in [4.69, 9.17) is 33.4 Å². The third-order valence-electron chi connectivity index (χ3n) is 5.46. The highest BCUT2D eigenvalue weighted by atomic mass is 35.5. The summed E-state index contributed by atoms with van der Waals surface area (Å²) in [4.78, 5) is 1.68. The van der Waals surface area contributed by atoms with Crippen LogP contribution in [0.25, 0.3) is 11.3 Å². The van der Waals surface area contributed by atoms with E-state index in [1.54, 1.807) is 4.80 Å². The Balaban J connectivity index is 1.50. The van der Waals surface area contributed by atoms with E-state index < -0.39 is 0 Å². The van der Waals surface area contributed by atoms with Crippen molar-refractivity contribution in [1.82, 2.24) is 20.3 Å². The number of aryl methyl sites for hydroxylation is 1. The molecule has 0 unspecified atom stereocenters. The van der Waals surface area contributed by atoms with Crippen LogP contribution in [0.5, 0.6) is 0 Å². The molecule has 1 heterocycles. The molecule has 32 heavy (non-hydrogen) atoms. The summed E-state index contributed by atoms with van der Waals surface area (Å²) in [6, 6.07) is 26.6.